The zero-order valence-corrected chi connectivity index (χ0v) is 6.45. The number of aromatic nitrogens is 1. The Morgan fingerprint density at radius 2 is 2.17 bits per heavy atom. The van der Waals surface area contributed by atoms with Crippen molar-refractivity contribution in [3.05, 3.63) is 30.3 Å². The van der Waals surface area contributed by atoms with Crippen molar-refractivity contribution >= 4 is 18.6 Å². The summed E-state index contributed by atoms with van der Waals surface area (Å²) >= 11 is 0. The number of hydrogen-bond donors (Lipinski definition) is 2. The Kier molecular flexibility index (Phi) is 1.76. The molecule has 12 heavy (non-hydrogen) atoms. The predicted octanol–water partition coefficient (Wildman–Crippen LogP) is 0.806. The molecule has 0 amide bonds. The Hall–Kier alpha value is -1.42. The molecule has 0 aliphatic rings. The molecule has 1 aromatic carbocycles. The fourth-order valence-electron chi connectivity index (χ4n) is 1.19. The second-order valence-electron chi connectivity index (χ2n) is 2.49. The Bertz CT molecular complexity index is 352. The first kappa shape index (κ1) is 7.25. The van der Waals surface area contributed by atoms with Crippen LogP contribution in [0.2, 0.25) is 0 Å². The fourth-order valence-corrected chi connectivity index (χ4v) is 1.19. The zero-order valence-electron chi connectivity index (χ0n) is 6.45. The normalized spacial score (nSPS) is 10.1. The quantitative estimate of drug-likeness (QED) is 0.640. The van der Waals surface area contributed by atoms with Crippen LogP contribution in [0.4, 0.5) is 0 Å². The summed E-state index contributed by atoms with van der Waals surface area (Å²) in [5, 5.41) is 9.59. The number of benzene rings is 1. The summed E-state index contributed by atoms with van der Waals surface area (Å²) in [6.45, 7) is 0. The minimum atomic E-state index is -0.299. The van der Waals surface area contributed by atoms with E-state index in [9.17, 15) is 0 Å². The number of rotatable bonds is 2. The van der Waals surface area contributed by atoms with Crippen molar-refractivity contribution in [2.45, 2.75) is 0 Å². The molecule has 0 fully saturated rings. The second-order valence-corrected chi connectivity index (χ2v) is 2.49. The van der Waals surface area contributed by atoms with E-state index in [1.54, 1.807) is 0 Å². The molecule has 2 rings (SSSR count). The molecule has 0 radical (unpaired) electrons. The van der Waals surface area contributed by atoms with Crippen molar-refractivity contribution in [3.63, 3.8) is 0 Å². The van der Waals surface area contributed by atoms with E-state index in [0.717, 1.165) is 10.9 Å². The molecule has 0 aliphatic heterocycles. The third kappa shape index (κ3) is 1.17. The van der Waals surface area contributed by atoms with Crippen LogP contribution >= 0.6 is 0 Å². The third-order valence-corrected chi connectivity index (χ3v) is 1.73. The van der Waals surface area contributed by atoms with Crippen LogP contribution in [0.5, 0.6) is 5.88 Å². The van der Waals surface area contributed by atoms with E-state index >= 15 is 0 Å². The molecule has 3 nitrogen and oxygen atoms in total. The summed E-state index contributed by atoms with van der Waals surface area (Å²) in [5.41, 5.74) is 1.01. The zero-order chi connectivity index (χ0) is 8.39. The second kappa shape index (κ2) is 2.91. The maximum Gasteiger partial charge on any atom is 0.505 e. The molecule has 2 aromatic rings. The standard InChI is InChI=1S/C8H8BNO2/c11-9-12-8-5-6-3-1-2-4-7(6)10-8/h1-5,9-11H. The van der Waals surface area contributed by atoms with Gasteiger partial charge in [0.25, 0.3) is 0 Å². The minimum absolute atomic E-state index is 0.299. The maximum absolute atomic E-state index is 8.50. The van der Waals surface area contributed by atoms with E-state index < -0.39 is 0 Å². The molecule has 4 heteroatoms. The van der Waals surface area contributed by atoms with E-state index in [1.165, 1.54) is 0 Å². The van der Waals surface area contributed by atoms with Gasteiger partial charge in [-0.1, -0.05) is 18.2 Å². The summed E-state index contributed by atoms with van der Waals surface area (Å²) in [4.78, 5) is 3.01. The Morgan fingerprint density at radius 3 is 2.92 bits per heavy atom. The van der Waals surface area contributed by atoms with Crippen molar-refractivity contribution in [2.24, 2.45) is 0 Å². The highest BCUT2D eigenvalue weighted by atomic mass is 16.5. The van der Waals surface area contributed by atoms with Gasteiger partial charge in [0.15, 0.2) is 5.88 Å². The summed E-state index contributed by atoms with van der Waals surface area (Å²) in [6, 6.07) is 9.70. The van der Waals surface area contributed by atoms with Crippen molar-refractivity contribution in [3.8, 4) is 5.88 Å². The first-order valence-corrected chi connectivity index (χ1v) is 3.71. The lowest BCUT2D eigenvalue weighted by Gasteiger charge is -1.93. The average Bonchev–Trinajstić information content (AvgIpc) is 2.47. The molecule has 60 valence electrons. The Morgan fingerprint density at radius 1 is 1.33 bits per heavy atom. The molecule has 0 unspecified atom stereocenters. The highest BCUT2D eigenvalue weighted by Crippen LogP contribution is 2.18. The van der Waals surface area contributed by atoms with Gasteiger partial charge in [0, 0.05) is 17.0 Å². The van der Waals surface area contributed by atoms with Crippen LogP contribution in [-0.2, 0) is 0 Å². The number of nitrogens with one attached hydrogen (secondary N) is 1. The minimum Gasteiger partial charge on any atom is -0.526 e. The lowest BCUT2D eigenvalue weighted by atomic mass is 10.2. The van der Waals surface area contributed by atoms with Crippen LogP contribution in [0.15, 0.2) is 30.3 Å². The van der Waals surface area contributed by atoms with Gasteiger partial charge >= 0.3 is 7.69 Å². The van der Waals surface area contributed by atoms with Gasteiger partial charge in [-0.2, -0.15) is 0 Å². The van der Waals surface area contributed by atoms with Crippen molar-refractivity contribution in [1.29, 1.82) is 0 Å². The van der Waals surface area contributed by atoms with Gasteiger partial charge in [-0.25, -0.2) is 0 Å². The van der Waals surface area contributed by atoms with Crippen LogP contribution in [0.1, 0.15) is 0 Å². The van der Waals surface area contributed by atoms with E-state index in [0.29, 0.717) is 5.88 Å². The predicted molar refractivity (Wildman–Crippen MR) is 48.3 cm³/mol. The molecule has 0 atom stereocenters. The molecule has 2 N–H and O–H groups in total. The largest absolute Gasteiger partial charge is 0.526 e. The van der Waals surface area contributed by atoms with Crippen LogP contribution in [-0.4, -0.2) is 17.7 Å². The monoisotopic (exact) mass is 161 g/mol. The van der Waals surface area contributed by atoms with Crippen LogP contribution < -0.4 is 4.65 Å². The molecule has 0 spiro atoms. The summed E-state index contributed by atoms with van der Waals surface area (Å²) in [5.74, 6) is 0.596. The van der Waals surface area contributed by atoms with Gasteiger partial charge in [0.1, 0.15) is 0 Å². The summed E-state index contributed by atoms with van der Waals surface area (Å²) < 4.78 is 4.89. The molecule has 0 saturated carbocycles. The molecule has 0 bridgehead atoms. The average molecular weight is 161 g/mol. The fraction of sp³-hybridized carbons (Fsp3) is 0. The third-order valence-electron chi connectivity index (χ3n) is 1.73. The molecule has 1 aromatic heterocycles. The van der Waals surface area contributed by atoms with Gasteiger partial charge in [0.05, 0.1) is 0 Å². The van der Waals surface area contributed by atoms with Gasteiger partial charge in [-0.15, -0.1) is 0 Å². The maximum atomic E-state index is 8.50. The van der Waals surface area contributed by atoms with Crippen LogP contribution in [0, 0.1) is 0 Å². The van der Waals surface area contributed by atoms with Crippen molar-refractivity contribution in [2.75, 3.05) is 0 Å². The number of fused-ring (bicyclic) bond motifs is 1. The van der Waals surface area contributed by atoms with Gasteiger partial charge < -0.3 is 14.7 Å². The first-order valence-electron chi connectivity index (χ1n) is 3.71. The topological polar surface area (TPSA) is 45.2 Å². The summed E-state index contributed by atoms with van der Waals surface area (Å²) in [7, 11) is -0.299. The molecular weight excluding hydrogens is 153 g/mol. The lowest BCUT2D eigenvalue weighted by molar-refractivity contribution is 0.445. The highest BCUT2D eigenvalue weighted by molar-refractivity contribution is 6.17. The number of para-hydroxylation sites is 1. The summed E-state index contributed by atoms with van der Waals surface area (Å²) in [6.07, 6.45) is 0. The lowest BCUT2D eigenvalue weighted by Crippen LogP contribution is -1.99. The molecular formula is C8H8BNO2. The van der Waals surface area contributed by atoms with E-state index in [-0.39, 0.29) is 7.69 Å². The smallest absolute Gasteiger partial charge is 0.505 e. The number of hydrogen-bond acceptors (Lipinski definition) is 2. The molecule has 1 heterocycles. The number of H-pyrrole nitrogens is 1. The molecule has 0 aliphatic carbocycles. The first-order chi connectivity index (χ1) is 5.90. The van der Waals surface area contributed by atoms with Gasteiger partial charge in [0.2, 0.25) is 0 Å². The number of aromatic amines is 1. The Labute approximate surface area is 70.3 Å². The van der Waals surface area contributed by atoms with E-state index in [1.807, 2.05) is 30.3 Å². The van der Waals surface area contributed by atoms with Crippen LogP contribution in [0.25, 0.3) is 10.9 Å². The van der Waals surface area contributed by atoms with E-state index in [4.69, 9.17) is 9.68 Å². The van der Waals surface area contributed by atoms with Crippen molar-refractivity contribution < 1.29 is 9.68 Å². The molecule has 0 saturated heterocycles. The Balaban J connectivity index is 2.47. The highest BCUT2D eigenvalue weighted by Gasteiger charge is 1.98. The van der Waals surface area contributed by atoms with Crippen molar-refractivity contribution in [1.82, 2.24) is 4.98 Å². The van der Waals surface area contributed by atoms with E-state index in [2.05, 4.69) is 4.98 Å². The van der Waals surface area contributed by atoms with Crippen LogP contribution in [0.3, 0.4) is 0 Å². The van der Waals surface area contributed by atoms with Gasteiger partial charge in [-0.3, -0.25) is 0 Å². The van der Waals surface area contributed by atoms with Gasteiger partial charge in [-0.05, 0) is 6.07 Å². The SMILES string of the molecule is OBOc1cc2ccccc2[nH]1.